The number of nitrogens with zero attached hydrogens (tertiary/aromatic N) is 1. The van der Waals surface area contributed by atoms with Crippen LogP contribution in [0.5, 0.6) is 0 Å². The molecule has 0 bridgehead atoms. The summed E-state index contributed by atoms with van der Waals surface area (Å²) in [5.41, 5.74) is 5.70. The highest BCUT2D eigenvalue weighted by atomic mass is 32.2. The standard InChI is InChI=1S/C8H16N2OS/c1-2-12-6-7(9)8(11)10-4-3-5-10/h7H,2-6,9H2,1H3. The lowest BCUT2D eigenvalue weighted by molar-refractivity contribution is -0.135. The fraction of sp³-hybridized carbons (Fsp3) is 0.875. The Labute approximate surface area is 77.7 Å². The molecule has 2 N–H and O–H groups in total. The summed E-state index contributed by atoms with van der Waals surface area (Å²) in [6.45, 7) is 3.89. The van der Waals surface area contributed by atoms with Gasteiger partial charge in [-0.2, -0.15) is 11.8 Å². The van der Waals surface area contributed by atoms with Crippen molar-refractivity contribution in [1.29, 1.82) is 0 Å². The number of hydrogen-bond acceptors (Lipinski definition) is 3. The van der Waals surface area contributed by atoms with Gasteiger partial charge in [-0.05, 0) is 12.2 Å². The highest BCUT2D eigenvalue weighted by Crippen LogP contribution is 2.09. The molecule has 70 valence electrons. The zero-order valence-corrected chi connectivity index (χ0v) is 8.27. The lowest BCUT2D eigenvalue weighted by atomic mass is 10.2. The molecule has 1 rings (SSSR count). The van der Waals surface area contributed by atoms with E-state index < -0.39 is 0 Å². The van der Waals surface area contributed by atoms with Gasteiger partial charge in [0.05, 0.1) is 6.04 Å². The lowest BCUT2D eigenvalue weighted by Gasteiger charge is -2.32. The Morgan fingerprint density at radius 2 is 2.33 bits per heavy atom. The lowest BCUT2D eigenvalue weighted by Crippen LogP contribution is -2.51. The monoisotopic (exact) mass is 188 g/mol. The van der Waals surface area contributed by atoms with E-state index in [9.17, 15) is 4.79 Å². The van der Waals surface area contributed by atoms with E-state index in [0.717, 1.165) is 31.0 Å². The molecule has 0 radical (unpaired) electrons. The van der Waals surface area contributed by atoms with Gasteiger partial charge in [-0.25, -0.2) is 0 Å². The molecule has 3 nitrogen and oxygen atoms in total. The molecule has 1 saturated heterocycles. The largest absolute Gasteiger partial charge is 0.341 e. The van der Waals surface area contributed by atoms with Crippen LogP contribution in [-0.4, -0.2) is 41.4 Å². The van der Waals surface area contributed by atoms with E-state index in [-0.39, 0.29) is 11.9 Å². The van der Waals surface area contributed by atoms with Gasteiger partial charge in [0.2, 0.25) is 5.91 Å². The zero-order chi connectivity index (χ0) is 8.97. The van der Waals surface area contributed by atoms with Crippen LogP contribution in [0.1, 0.15) is 13.3 Å². The Balaban J connectivity index is 2.20. The first kappa shape index (κ1) is 9.86. The SMILES string of the molecule is CCSCC(N)C(=O)N1CCC1. The number of likely N-dealkylation sites (tertiary alicyclic amines) is 1. The minimum Gasteiger partial charge on any atom is -0.341 e. The number of carbonyl (C=O) groups excluding carboxylic acids is 1. The van der Waals surface area contributed by atoms with Crippen LogP contribution >= 0.6 is 11.8 Å². The van der Waals surface area contributed by atoms with Gasteiger partial charge in [0.25, 0.3) is 0 Å². The van der Waals surface area contributed by atoms with Crippen LogP contribution in [0.15, 0.2) is 0 Å². The Kier molecular flexibility index (Phi) is 3.88. The third kappa shape index (κ3) is 2.38. The molecule has 4 heteroatoms. The van der Waals surface area contributed by atoms with Gasteiger partial charge >= 0.3 is 0 Å². The number of carbonyl (C=O) groups is 1. The van der Waals surface area contributed by atoms with E-state index in [4.69, 9.17) is 5.73 Å². The third-order valence-electron chi connectivity index (χ3n) is 1.99. The summed E-state index contributed by atoms with van der Waals surface area (Å²) in [4.78, 5) is 13.3. The van der Waals surface area contributed by atoms with Gasteiger partial charge in [-0.1, -0.05) is 6.92 Å². The third-order valence-corrected chi connectivity index (χ3v) is 2.99. The number of hydrogen-bond donors (Lipinski definition) is 1. The summed E-state index contributed by atoms with van der Waals surface area (Å²) in [5.74, 6) is 1.91. The molecule has 1 aliphatic heterocycles. The fourth-order valence-electron chi connectivity index (χ4n) is 1.09. The summed E-state index contributed by atoms with van der Waals surface area (Å²) in [6.07, 6.45) is 1.14. The summed E-state index contributed by atoms with van der Waals surface area (Å²) < 4.78 is 0. The maximum atomic E-state index is 11.4. The minimum atomic E-state index is -0.282. The molecule has 0 aromatic carbocycles. The van der Waals surface area contributed by atoms with Crippen molar-refractivity contribution in [2.75, 3.05) is 24.6 Å². The topological polar surface area (TPSA) is 46.3 Å². The first-order valence-electron chi connectivity index (χ1n) is 4.37. The smallest absolute Gasteiger partial charge is 0.240 e. The predicted octanol–water partition coefficient (Wildman–Crippen LogP) is 0.299. The molecule has 0 aromatic heterocycles. The molecule has 1 unspecified atom stereocenters. The average Bonchev–Trinajstić information content (AvgIpc) is 1.96. The van der Waals surface area contributed by atoms with Crippen LogP contribution in [0.2, 0.25) is 0 Å². The van der Waals surface area contributed by atoms with Crippen LogP contribution in [0.25, 0.3) is 0 Å². The van der Waals surface area contributed by atoms with Gasteiger partial charge in [-0.15, -0.1) is 0 Å². The van der Waals surface area contributed by atoms with Crippen molar-refractivity contribution in [3.63, 3.8) is 0 Å². The molecule has 1 amide bonds. The Hall–Kier alpha value is -0.220. The van der Waals surface area contributed by atoms with Gasteiger partial charge in [-0.3, -0.25) is 4.79 Å². The van der Waals surface area contributed by atoms with Gasteiger partial charge < -0.3 is 10.6 Å². The highest BCUT2D eigenvalue weighted by molar-refractivity contribution is 7.99. The Morgan fingerprint density at radius 3 is 2.75 bits per heavy atom. The van der Waals surface area contributed by atoms with Crippen molar-refractivity contribution in [1.82, 2.24) is 4.90 Å². The van der Waals surface area contributed by atoms with Crippen molar-refractivity contribution in [3.8, 4) is 0 Å². The minimum absolute atomic E-state index is 0.127. The molecule has 1 atom stereocenters. The molecule has 0 saturated carbocycles. The summed E-state index contributed by atoms with van der Waals surface area (Å²) >= 11 is 1.72. The average molecular weight is 188 g/mol. The molecule has 0 spiro atoms. The second-order valence-electron chi connectivity index (χ2n) is 2.94. The van der Waals surface area contributed by atoms with Crippen molar-refractivity contribution in [3.05, 3.63) is 0 Å². The number of nitrogens with two attached hydrogens (primary N) is 1. The fourth-order valence-corrected chi connectivity index (χ4v) is 1.72. The molecule has 0 aromatic rings. The Bertz CT molecular complexity index is 159. The maximum Gasteiger partial charge on any atom is 0.240 e. The van der Waals surface area contributed by atoms with E-state index in [1.54, 1.807) is 11.8 Å². The van der Waals surface area contributed by atoms with Crippen LogP contribution < -0.4 is 5.73 Å². The Morgan fingerprint density at radius 1 is 1.67 bits per heavy atom. The first-order valence-corrected chi connectivity index (χ1v) is 5.53. The van der Waals surface area contributed by atoms with Crippen molar-refractivity contribution in [2.24, 2.45) is 5.73 Å². The van der Waals surface area contributed by atoms with E-state index in [1.807, 2.05) is 4.90 Å². The molecular formula is C8H16N2OS. The predicted molar refractivity (Wildman–Crippen MR) is 52.2 cm³/mol. The van der Waals surface area contributed by atoms with E-state index >= 15 is 0 Å². The summed E-state index contributed by atoms with van der Waals surface area (Å²) in [7, 11) is 0. The van der Waals surface area contributed by atoms with Crippen LogP contribution in [-0.2, 0) is 4.79 Å². The van der Waals surface area contributed by atoms with E-state index in [0.29, 0.717) is 0 Å². The number of thioether (sulfide) groups is 1. The van der Waals surface area contributed by atoms with E-state index in [1.165, 1.54) is 0 Å². The molecule has 1 heterocycles. The quantitative estimate of drug-likeness (QED) is 0.690. The molecular weight excluding hydrogens is 172 g/mol. The van der Waals surface area contributed by atoms with Crippen LogP contribution in [0.4, 0.5) is 0 Å². The molecule has 1 aliphatic rings. The zero-order valence-electron chi connectivity index (χ0n) is 7.45. The molecule has 1 fully saturated rings. The molecule has 0 aliphatic carbocycles. The summed E-state index contributed by atoms with van der Waals surface area (Å²) in [6, 6.07) is -0.282. The van der Waals surface area contributed by atoms with Gasteiger partial charge in [0.15, 0.2) is 0 Å². The van der Waals surface area contributed by atoms with Crippen LogP contribution in [0.3, 0.4) is 0 Å². The molecule has 12 heavy (non-hydrogen) atoms. The summed E-state index contributed by atoms with van der Waals surface area (Å²) in [5, 5.41) is 0. The van der Waals surface area contributed by atoms with Crippen molar-refractivity contribution >= 4 is 17.7 Å². The van der Waals surface area contributed by atoms with Crippen LogP contribution in [0, 0.1) is 0 Å². The van der Waals surface area contributed by atoms with Crippen molar-refractivity contribution < 1.29 is 4.79 Å². The highest BCUT2D eigenvalue weighted by Gasteiger charge is 2.24. The van der Waals surface area contributed by atoms with Gasteiger partial charge in [0, 0.05) is 18.8 Å². The van der Waals surface area contributed by atoms with Gasteiger partial charge in [0.1, 0.15) is 0 Å². The second-order valence-corrected chi connectivity index (χ2v) is 4.26. The van der Waals surface area contributed by atoms with Crippen molar-refractivity contribution in [2.45, 2.75) is 19.4 Å². The first-order chi connectivity index (χ1) is 5.75. The maximum absolute atomic E-state index is 11.4. The normalized spacial score (nSPS) is 18.7. The van der Waals surface area contributed by atoms with E-state index in [2.05, 4.69) is 6.92 Å². The second kappa shape index (κ2) is 4.72. The number of rotatable bonds is 4. The number of amides is 1.